The summed E-state index contributed by atoms with van der Waals surface area (Å²) in [5.41, 5.74) is 13.2. The van der Waals surface area contributed by atoms with Crippen molar-refractivity contribution in [3.05, 3.63) is 249 Å². The summed E-state index contributed by atoms with van der Waals surface area (Å²) in [4.78, 5) is 119. The summed E-state index contributed by atoms with van der Waals surface area (Å²) in [5.74, 6) is 1.91. The van der Waals surface area contributed by atoms with Crippen LogP contribution in [0, 0.1) is 0 Å². The van der Waals surface area contributed by atoms with Crippen LogP contribution in [0.1, 0.15) is 145 Å². The predicted molar refractivity (Wildman–Crippen MR) is 559 cm³/mol. The molecule has 18 rings (SSSR count). The molecule has 0 radical (unpaired) electrons. The highest BCUT2D eigenvalue weighted by Gasteiger charge is 2.42. The van der Waals surface area contributed by atoms with E-state index in [-0.39, 0.29) is 76.4 Å². The van der Waals surface area contributed by atoms with E-state index in [1.807, 2.05) is 229 Å². The van der Waals surface area contributed by atoms with E-state index in [1.54, 1.807) is 18.8 Å². The summed E-state index contributed by atoms with van der Waals surface area (Å²) in [5, 5.41) is 28.9. The Kier molecular flexibility index (Phi) is 35.9. The Hall–Kier alpha value is -12.3. The molecule has 35 heteroatoms. The highest BCUT2D eigenvalue weighted by Crippen LogP contribution is 2.45. The topological polar surface area (TPSA) is 294 Å². The van der Waals surface area contributed by atoms with E-state index in [0.29, 0.717) is 63.5 Å². The molecule has 6 fully saturated rings. The number of piperidine rings is 6. The average Bonchev–Trinajstić information content (AvgIpc) is 1.26. The lowest BCUT2D eigenvalue weighted by Crippen LogP contribution is -2.45. The van der Waals surface area contributed by atoms with Crippen molar-refractivity contribution in [3.63, 3.8) is 0 Å². The van der Waals surface area contributed by atoms with Gasteiger partial charge in [0.15, 0.2) is 16.9 Å². The Bertz CT molecular complexity index is 5900. The summed E-state index contributed by atoms with van der Waals surface area (Å²) in [6, 6.07) is 59.9. The Morgan fingerprint density at radius 1 is 0.371 bits per heavy atom. The maximum atomic E-state index is 13.2. The van der Waals surface area contributed by atoms with Crippen molar-refractivity contribution in [3.8, 4) is 0 Å². The van der Waals surface area contributed by atoms with Gasteiger partial charge in [-0.1, -0.05) is 78.1 Å². The molecule has 0 aliphatic carbocycles. The van der Waals surface area contributed by atoms with Crippen molar-refractivity contribution < 1.29 is 33.6 Å². The number of carbonyl (C=O) groups is 5. The molecule has 6 aliphatic heterocycles. The third-order valence-corrected chi connectivity index (χ3v) is 29.4. The molecule has 0 unspecified atom stereocenters. The van der Waals surface area contributed by atoms with Gasteiger partial charge < -0.3 is 75.2 Å². The second-order valence-corrected chi connectivity index (χ2v) is 39.7. The van der Waals surface area contributed by atoms with Crippen molar-refractivity contribution >= 4 is 152 Å². The van der Waals surface area contributed by atoms with Gasteiger partial charge >= 0.3 is 6.15 Å². The molecular weight excluding hydrogens is 1850 g/mol. The molecule has 6 aromatic heterocycles. The number of aromatic nitrogens is 9. The van der Waals surface area contributed by atoms with Crippen LogP contribution in [-0.4, -0.2) is 300 Å². The molecule has 6 aromatic carbocycles. The van der Waals surface area contributed by atoms with Gasteiger partial charge in [-0.25, -0.2) is 13.5 Å². The number of hydrogen-bond acceptors (Lipinski definition) is 23. The third kappa shape index (κ3) is 25.7. The molecule has 0 atom stereocenters. The normalized spacial score (nSPS) is 16.8. The number of nitrogens with one attached hydrogen (secondary N) is 4. The summed E-state index contributed by atoms with van der Waals surface area (Å²) in [7, 11) is 23.1. The van der Waals surface area contributed by atoms with E-state index in [9.17, 15) is 24.0 Å². The van der Waals surface area contributed by atoms with Crippen molar-refractivity contribution in [1.82, 2.24) is 88.3 Å². The van der Waals surface area contributed by atoms with E-state index in [1.165, 1.54) is 5.56 Å². The first-order chi connectivity index (χ1) is 66.8. The smallest absolute Gasteiger partial charge is 0.368 e. The van der Waals surface area contributed by atoms with Crippen molar-refractivity contribution in [2.45, 2.75) is 131 Å². The van der Waals surface area contributed by atoms with Crippen LogP contribution in [0.15, 0.2) is 201 Å². The molecule has 12 aromatic rings. The maximum Gasteiger partial charge on any atom is 0.373 e. The molecule has 140 heavy (non-hydrogen) atoms. The van der Waals surface area contributed by atoms with Crippen LogP contribution in [0.4, 0.5) is 52.0 Å². The zero-order valence-corrected chi connectivity index (χ0v) is 85.6. The van der Waals surface area contributed by atoms with Crippen molar-refractivity contribution in [2.75, 3.05) is 194 Å². The lowest BCUT2D eigenvalue weighted by atomic mass is 9.70. The van der Waals surface area contributed by atoms with E-state index >= 15 is 0 Å². The van der Waals surface area contributed by atoms with Gasteiger partial charge in [-0.15, -0.1) is 27.7 Å². The third-order valence-electron chi connectivity index (χ3n) is 28.6. The number of amides is 5. The minimum Gasteiger partial charge on any atom is -0.368 e. The van der Waals surface area contributed by atoms with Gasteiger partial charge in [0.05, 0.1) is 17.1 Å². The van der Waals surface area contributed by atoms with E-state index in [0.717, 1.165) is 223 Å². The van der Waals surface area contributed by atoms with Gasteiger partial charge in [-0.3, -0.25) is 24.0 Å². The number of carbonyl (C=O) groups excluding carboxylic acids is 7. The van der Waals surface area contributed by atoms with Crippen LogP contribution in [-0.2, 0) is 35.4 Å². The van der Waals surface area contributed by atoms with Crippen LogP contribution < -0.4 is 36.0 Å². The van der Waals surface area contributed by atoms with Gasteiger partial charge in [0, 0.05) is 198 Å². The van der Waals surface area contributed by atoms with Gasteiger partial charge in [-0.2, -0.15) is 24.5 Å². The van der Waals surface area contributed by atoms with Crippen LogP contribution in [0.5, 0.6) is 0 Å². The average molecular weight is 1980 g/mol. The first kappa shape index (κ1) is 105. The minimum absolute atomic E-state index is 0. The second kappa shape index (κ2) is 47.8. The van der Waals surface area contributed by atoms with E-state index < -0.39 is 0 Å². The standard InChI is InChI=1S/2C35H43ClN8O2.C32H38ClN7O.C2H7N.CO2.ClH/c2*1-40(2)31(45)24-35(26-9-11-27(36)12-10-26)17-22-43(23-18-35)30-6-5-19-44-32(30)38-34(39-44)37-28-13-7-25(8-14-28)33(46)42(4)29-15-20-41(3)21-16-29;1-32(24-8-10-25(33)11-9-24)16-21-39(22-17-32)28-5-4-18-40-29(28)35-31(36-40)34-26-12-6-23(7-13-26)30(41)38(3)27-14-19-37(2)20-15-27;1-3-2;2-1-3;/h2*5-14,19,29H,15-18,20-24H2,1-4H3,(H,37,39);4-13,18,27H,14-17,19-22H2,1-3H3,(H,34,36);3H,1-2H3;;1H. The number of nitrogens with zero attached hydrogens (tertiary/aromatic N) is 20. The molecule has 4 N–H and O–H groups in total. The number of benzene rings is 6. The molecule has 6 aliphatic rings. The van der Waals surface area contributed by atoms with Crippen LogP contribution >= 0.6 is 47.2 Å². The highest BCUT2D eigenvalue weighted by atomic mass is 35.5. The molecule has 5 amide bonds. The van der Waals surface area contributed by atoms with Gasteiger partial charge in [0.2, 0.25) is 29.7 Å². The molecule has 12 heterocycles. The number of hydrogen-bond donors (Lipinski definition) is 4. The fourth-order valence-corrected chi connectivity index (χ4v) is 20.1. The Labute approximate surface area is 842 Å². The van der Waals surface area contributed by atoms with Gasteiger partial charge in [0.25, 0.3) is 17.7 Å². The SMILES string of the molecule is CN1CCC(N(C)C(=O)c2ccc(Nc3nc4c(N5CCC(C)(c6ccc(Cl)cc6)CC5)cccn4n3)cc2)CC1.CN1CCC(N(C)C(=O)c2ccc(Nc3nc4c(N5CCC(CC(=O)N(C)C)(c6ccc(Cl)cc6)CC5)cccn4n3)cc2)CC1.CN1CCC(N(C)C(=O)c2ccc(Nc3nc4c(N5CCC(CC(=O)N(C)C)(c6ccc(Cl)cc6)CC5)cccn4n3)cc2)CC1.CNC.Cl.O=C=O. The first-order valence-electron chi connectivity index (χ1n) is 47.9. The number of fused-ring (bicyclic) bond motifs is 3. The minimum atomic E-state index is -0.261. The first-order valence-corrected chi connectivity index (χ1v) is 49.0. The summed E-state index contributed by atoms with van der Waals surface area (Å²) >= 11 is 18.5. The molecule has 6 saturated heterocycles. The Morgan fingerprint density at radius 3 is 0.864 bits per heavy atom. The fraction of sp³-hybridized carbons (Fsp3) is 0.429. The van der Waals surface area contributed by atoms with E-state index in [4.69, 9.17) is 59.3 Å². The van der Waals surface area contributed by atoms with Gasteiger partial charge in [-0.05, 0) is 319 Å². The maximum absolute atomic E-state index is 13.2. The lowest BCUT2D eigenvalue weighted by molar-refractivity contribution is -0.191. The molecule has 31 nitrogen and oxygen atoms in total. The predicted octanol–water partition coefficient (Wildman–Crippen LogP) is 16.1. The van der Waals surface area contributed by atoms with Crippen LogP contribution in [0.3, 0.4) is 0 Å². The second-order valence-electron chi connectivity index (χ2n) is 38.4. The number of likely N-dealkylation sites (tertiary alicyclic amines) is 3. The molecule has 0 bridgehead atoms. The molecular formula is C105H132Cl4N24O7. The van der Waals surface area contributed by atoms with Crippen molar-refractivity contribution in [2.24, 2.45) is 0 Å². The summed E-state index contributed by atoms with van der Waals surface area (Å²) in [6.45, 7) is 13.4. The Morgan fingerprint density at radius 2 is 0.614 bits per heavy atom. The molecule has 0 spiro atoms. The number of pyridine rings is 3. The monoisotopic (exact) mass is 1980 g/mol. The van der Waals surface area contributed by atoms with E-state index in [2.05, 4.69) is 149 Å². The number of rotatable bonds is 22. The Balaban J connectivity index is 0.000000171. The quantitative estimate of drug-likeness (QED) is 0.0490. The largest absolute Gasteiger partial charge is 0.373 e. The molecule has 742 valence electrons. The van der Waals surface area contributed by atoms with Crippen LogP contribution in [0.25, 0.3) is 16.9 Å². The zero-order valence-electron chi connectivity index (χ0n) is 82.5. The van der Waals surface area contributed by atoms with Crippen molar-refractivity contribution in [1.29, 1.82) is 0 Å². The van der Waals surface area contributed by atoms with Gasteiger partial charge in [0.1, 0.15) is 0 Å². The summed E-state index contributed by atoms with van der Waals surface area (Å²) < 4.78 is 5.42. The highest BCUT2D eigenvalue weighted by molar-refractivity contribution is 6.31. The fourth-order valence-electron chi connectivity index (χ4n) is 19.7. The molecule has 0 saturated carbocycles. The number of anilines is 9. The van der Waals surface area contributed by atoms with Crippen LogP contribution in [0.2, 0.25) is 15.1 Å². The zero-order chi connectivity index (χ0) is 98.8. The summed E-state index contributed by atoms with van der Waals surface area (Å²) in [6.07, 6.45) is 18.3. The lowest BCUT2D eigenvalue weighted by Gasteiger charge is -2.43. The number of halogens is 4.